The van der Waals surface area contributed by atoms with E-state index in [-0.39, 0.29) is 11.9 Å². The Morgan fingerprint density at radius 1 is 1.10 bits per heavy atom. The van der Waals surface area contributed by atoms with Gasteiger partial charge in [-0.1, -0.05) is 40.7 Å². The lowest BCUT2D eigenvalue weighted by Crippen LogP contribution is -2.32. The van der Waals surface area contributed by atoms with Crippen LogP contribution in [0, 0.1) is 17.7 Å². The molecule has 0 aliphatic heterocycles. The second-order valence-electron chi connectivity index (χ2n) is 6.85. The van der Waals surface area contributed by atoms with E-state index in [1.54, 1.807) is 6.07 Å². The second-order valence-corrected chi connectivity index (χ2v) is 6.85. The lowest BCUT2D eigenvalue weighted by Gasteiger charge is -2.29. The monoisotopic (exact) mass is 294 g/mol. The molecule has 0 bridgehead atoms. The lowest BCUT2D eigenvalue weighted by atomic mass is 10.0. The van der Waals surface area contributed by atoms with Gasteiger partial charge >= 0.3 is 0 Å². The van der Waals surface area contributed by atoms with E-state index in [1.165, 1.54) is 0 Å². The largest absolute Gasteiger partial charge is 0.369 e. The number of nitrogens with two attached hydrogens (primary N) is 1. The van der Waals surface area contributed by atoms with Crippen LogP contribution in [0.5, 0.6) is 0 Å². The van der Waals surface area contributed by atoms with E-state index in [9.17, 15) is 4.39 Å². The molecule has 1 rings (SSSR count). The van der Waals surface area contributed by atoms with Crippen molar-refractivity contribution in [2.45, 2.75) is 53.5 Å². The summed E-state index contributed by atoms with van der Waals surface area (Å²) in [6.07, 6.45) is 1.65. The number of halogens is 1. The highest BCUT2D eigenvalue weighted by Crippen LogP contribution is 2.23. The van der Waals surface area contributed by atoms with Gasteiger partial charge in [0.2, 0.25) is 0 Å². The molecule has 0 radical (unpaired) electrons. The van der Waals surface area contributed by atoms with Crippen molar-refractivity contribution in [1.82, 2.24) is 0 Å². The normalized spacial score (nSPS) is 13.0. The molecule has 0 saturated heterocycles. The fourth-order valence-corrected chi connectivity index (χ4v) is 2.53. The fourth-order valence-electron chi connectivity index (χ4n) is 2.53. The van der Waals surface area contributed by atoms with Gasteiger partial charge in [-0.2, -0.15) is 0 Å². The fraction of sp³-hybridized carbons (Fsp3) is 0.667. The van der Waals surface area contributed by atoms with Gasteiger partial charge in [-0.25, -0.2) is 4.39 Å². The van der Waals surface area contributed by atoms with Crippen LogP contribution in [0.4, 0.5) is 10.1 Å². The molecule has 1 aromatic rings. The molecule has 0 aliphatic carbocycles. The first-order valence-electron chi connectivity index (χ1n) is 8.12. The van der Waals surface area contributed by atoms with Gasteiger partial charge in [0, 0.05) is 19.1 Å². The Morgan fingerprint density at radius 3 is 2.10 bits per heavy atom. The summed E-state index contributed by atoms with van der Waals surface area (Å²) in [6, 6.07) is 5.69. The van der Waals surface area contributed by atoms with E-state index < -0.39 is 0 Å². The maximum absolute atomic E-state index is 14.5. The minimum Gasteiger partial charge on any atom is -0.369 e. The number of hydrogen-bond donors (Lipinski definition) is 1. The molecule has 0 aliphatic rings. The third-order valence-electron chi connectivity index (χ3n) is 3.55. The molecule has 2 nitrogen and oxygen atoms in total. The molecule has 0 saturated carbocycles. The molecule has 1 unspecified atom stereocenters. The van der Waals surface area contributed by atoms with Crippen LogP contribution < -0.4 is 10.6 Å². The summed E-state index contributed by atoms with van der Waals surface area (Å²) in [5.74, 6) is 0.893. The molecule has 0 heterocycles. The van der Waals surface area contributed by atoms with Crippen molar-refractivity contribution in [1.29, 1.82) is 0 Å². The van der Waals surface area contributed by atoms with E-state index in [2.05, 4.69) is 39.5 Å². The summed E-state index contributed by atoms with van der Waals surface area (Å²) in [4.78, 5) is 2.16. The Kier molecular flexibility index (Phi) is 7.16. The lowest BCUT2D eigenvalue weighted by molar-refractivity contribution is 0.537. The smallest absolute Gasteiger partial charge is 0.146 e. The zero-order valence-corrected chi connectivity index (χ0v) is 14.2. The third kappa shape index (κ3) is 6.04. The van der Waals surface area contributed by atoms with Crippen molar-refractivity contribution in [3.05, 3.63) is 29.6 Å². The Hall–Kier alpha value is -1.09. The van der Waals surface area contributed by atoms with Gasteiger partial charge in [0.15, 0.2) is 0 Å². The maximum atomic E-state index is 14.5. The van der Waals surface area contributed by atoms with Crippen LogP contribution in [0.3, 0.4) is 0 Å². The van der Waals surface area contributed by atoms with Crippen LogP contribution in [0.15, 0.2) is 18.2 Å². The zero-order valence-electron chi connectivity index (χ0n) is 14.2. The van der Waals surface area contributed by atoms with Crippen molar-refractivity contribution in [3.8, 4) is 0 Å². The molecule has 1 atom stereocenters. The molecule has 1 aromatic carbocycles. The highest BCUT2D eigenvalue weighted by molar-refractivity contribution is 5.49. The predicted octanol–water partition coefficient (Wildman–Crippen LogP) is 4.22. The SMILES string of the molecule is CCC(N)Cc1ccc(N(CC(C)C)CC(C)C)c(F)c1. The Morgan fingerprint density at radius 2 is 1.67 bits per heavy atom. The quantitative estimate of drug-likeness (QED) is 0.777. The first kappa shape index (κ1) is 18.0. The highest BCUT2D eigenvalue weighted by atomic mass is 19.1. The molecule has 0 amide bonds. The minimum atomic E-state index is -0.128. The third-order valence-corrected chi connectivity index (χ3v) is 3.55. The number of nitrogens with zero attached hydrogens (tertiary/aromatic N) is 1. The van der Waals surface area contributed by atoms with Crippen molar-refractivity contribution in [3.63, 3.8) is 0 Å². The van der Waals surface area contributed by atoms with Gasteiger partial charge in [0.25, 0.3) is 0 Å². The van der Waals surface area contributed by atoms with Crippen LogP contribution in [0.1, 0.15) is 46.6 Å². The van der Waals surface area contributed by atoms with Crippen LogP contribution in [-0.2, 0) is 6.42 Å². The molecule has 0 spiro atoms. The van der Waals surface area contributed by atoms with Crippen molar-refractivity contribution < 1.29 is 4.39 Å². The maximum Gasteiger partial charge on any atom is 0.146 e. The summed E-state index contributed by atoms with van der Waals surface area (Å²) in [5, 5.41) is 0. The van der Waals surface area contributed by atoms with Gasteiger partial charge in [0.1, 0.15) is 5.82 Å². The standard InChI is InChI=1S/C18H31FN2/c1-6-16(20)9-15-7-8-18(17(19)10-15)21(11-13(2)3)12-14(4)5/h7-8,10,13-14,16H,6,9,11-12,20H2,1-5H3. The van der Waals surface area contributed by atoms with E-state index in [0.717, 1.165) is 31.5 Å². The Labute approximate surface area is 129 Å². The Bertz CT molecular complexity index is 419. The summed E-state index contributed by atoms with van der Waals surface area (Å²) in [6.45, 7) is 12.5. The van der Waals surface area contributed by atoms with Gasteiger partial charge in [0.05, 0.1) is 5.69 Å². The van der Waals surface area contributed by atoms with Crippen LogP contribution in [-0.4, -0.2) is 19.1 Å². The van der Waals surface area contributed by atoms with E-state index in [4.69, 9.17) is 5.73 Å². The first-order chi connectivity index (χ1) is 9.83. The summed E-state index contributed by atoms with van der Waals surface area (Å²) in [7, 11) is 0. The molecule has 0 fully saturated rings. The number of benzene rings is 1. The van der Waals surface area contributed by atoms with E-state index >= 15 is 0 Å². The minimum absolute atomic E-state index is 0.109. The molecular formula is C18H31FN2. The first-order valence-corrected chi connectivity index (χ1v) is 8.12. The summed E-state index contributed by atoms with van der Waals surface area (Å²) >= 11 is 0. The zero-order chi connectivity index (χ0) is 16.0. The molecule has 3 heteroatoms. The molecule has 0 aromatic heterocycles. The Balaban J connectivity index is 2.93. The van der Waals surface area contributed by atoms with E-state index in [1.807, 2.05) is 12.1 Å². The van der Waals surface area contributed by atoms with Crippen LogP contribution in [0.2, 0.25) is 0 Å². The van der Waals surface area contributed by atoms with Crippen molar-refractivity contribution >= 4 is 5.69 Å². The summed E-state index contributed by atoms with van der Waals surface area (Å²) in [5.41, 5.74) is 7.65. The molecular weight excluding hydrogens is 263 g/mol. The predicted molar refractivity (Wildman–Crippen MR) is 90.3 cm³/mol. The second kappa shape index (κ2) is 8.38. The van der Waals surface area contributed by atoms with Crippen LogP contribution in [0.25, 0.3) is 0 Å². The van der Waals surface area contributed by atoms with E-state index in [0.29, 0.717) is 17.5 Å². The molecule has 21 heavy (non-hydrogen) atoms. The van der Waals surface area contributed by atoms with Gasteiger partial charge in [-0.05, 0) is 42.4 Å². The van der Waals surface area contributed by atoms with Gasteiger partial charge in [-0.15, -0.1) is 0 Å². The van der Waals surface area contributed by atoms with Gasteiger partial charge in [-0.3, -0.25) is 0 Å². The molecule has 2 N–H and O–H groups in total. The number of anilines is 1. The van der Waals surface area contributed by atoms with Crippen molar-refractivity contribution in [2.24, 2.45) is 17.6 Å². The van der Waals surface area contributed by atoms with Crippen molar-refractivity contribution in [2.75, 3.05) is 18.0 Å². The van der Waals surface area contributed by atoms with Gasteiger partial charge < -0.3 is 10.6 Å². The highest BCUT2D eigenvalue weighted by Gasteiger charge is 2.15. The molecule has 120 valence electrons. The average Bonchev–Trinajstić information content (AvgIpc) is 2.36. The van der Waals surface area contributed by atoms with Crippen LogP contribution >= 0.6 is 0 Å². The average molecular weight is 294 g/mol. The number of hydrogen-bond acceptors (Lipinski definition) is 2. The topological polar surface area (TPSA) is 29.3 Å². The summed E-state index contributed by atoms with van der Waals surface area (Å²) < 4.78 is 14.5. The number of rotatable bonds is 8.